The number of rotatable bonds is 5. The number of fused-ring (bicyclic) bond motifs is 2. The number of ether oxygens (including phenoxy) is 1. The minimum atomic E-state index is -0.374. The van der Waals surface area contributed by atoms with E-state index in [0.717, 1.165) is 11.1 Å². The summed E-state index contributed by atoms with van der Waals surface area (Å²) >= 11 is 0. The number of aromatic amines is 2. The monoisotopic (exact) mass is 473 g/mol. The highest BCUT2D eigenvalue weighted by Gasteiger charge is 2.23. The third kappa shape index (κ3) is 4.56. The molecule has 4 aromatic rings. The lowest BCUT2D eigenvalue weighted by Crippen LogP contribution is -2.36. The largest absolute Gasteiger partial charge is 0.450 e. The van der Waals surface area contributed by atoms with Gasteiger partial charge in [0.15, 0.2) is 0 Å². The smallest absolute Gasteiger partial charge is 0.410 e. The zero-order valence-corrected chi connectivity index (χ0v) is 18.9. The van der Waals surface area contributed by atoms with Gasteiger partial charge in [-0.05, 0) is 48.7 Å². The maximum absolute atomic E-state index is 12.9. The van der Waals surface area contributed by atoms with E-state index in [0.29, 0.717) is 54.2 Å². The minimum Gasteiger partial charge on any atom is -0.450 e. The van der Waals surface area contributed by atoms with Crippen molar-refractivity contribution in [2.24, 2.45) is 0 Å². The molecule has 0 saturated heterocycles. The van der Waals surface area contributed by atoms with Gasteiger partial charge < -0.3 is 19.6 Å². The number of amides is 3. The van der Waals surface area contributed by atoms with E-state index in [1.54, 1.807) is 42.3 Å². The summed E-state index contributed by atoms with van der Waals surface area (Å²) in [6.07, 6.45) is 3.45. The summed E-state index contributed by atoms with van der Waals surface area (Å²) in [7, 11) is 0. The molecule has 3 amide bonds. The molecule has 0 unspecified atom stereocenters. The van der Waals surface area contributed by atoms with Crippen molar-refractivity contribution in [2.75, 3.05) is 23.8 Å². The average molecular weight is 473 g/mol. The number of benzene rings is 2. The lowest BCUT2D eigenvalue weighted by Gasteiger charge is -2.28. The van der Waals surface area contributed by atoms with Crippen molar-refractivity contribution >= 4 is 40.8 Å². The van der Waals surface area contributed by atoms with Crippen LogP contribution in [0.3, 0.4) is 0 Å². The highest BCUT2D eigenvalue weighted by molar-refractivity contribution is 6.11. The first-order valence-electron chi connectivity index (χ1n) is 11.2. The molecular weight excluding hydrogens is 450 g/mol. The Labute approximate surface area is 199 Å². The van der Waals surface area contributed by atoms with E-state index >= 15 is 0 Å². The van der Waals surface area contributed by atoms with Crippen LogP contribution < -0.4 is 10.6 Å². The zero-order chi connectivity index (χ0) is 24.4. The zero-order valence-electron chi connectivity index (χ0n) is 18.9. The number of carbonyl (C=O) groups excluding carboxylic acids is 3. The molecule has 1 aliphatic rings. The molecule has 0 aliphatic carbocycles. The second-order valence-corrected chi connectivity index (χ2v) is 7.99. The highest BCUT2D eigenvalue weighted by atomic mass is 16.6. The first-order valence-corrected chi connectivity index (χ1v) is 11.2. The first kappa shape index (κ1) is 22.1. The third-order valence-electron chi connectivity index (χ3n) is 5.73. The Bertz CT molecular complexity index is 1410. The van der Waals surface area contributed by atoms with Crippen molar-refractivity contribution in [3.05, 3.63) is 71.0 Å². The predicted octanol–water partition coefficient (Wildman–Crippen LogP) is 3.31. The molecule has 0 atom stereocenters. The molecule has 0 saturated carbocycles. The Kier molecular flexibility index (Phi) is 5.88. The molecular formula is C24H23N7O4. The van der Waals surface area contributed by atoms with E-state index in [-0.39, 0.29) is 23.9 Å². The average Bonchev–Trinajstić information content (AvgIpc) is 3.52. The number of nitrogens with zero attached hydrogens (tertiary/aromatic N) is 3. The van der Waals surface area contributed by atoms with Crippen LogP contribution in [0, 0.1) is 0 Å². The van der Waals surface area contributed by atoms with Crippen LogP contribution in [0.25, 0.3) is 11.0 Å². The van der Waals surface area contributed by atoms with Gasteiger partial charge in [-0.25, -0.2) is 14.8 Å². The van der Waals surface area contributed by atoms with E-state index in [2.05, 4.69) is 30.6 Å². The molecule has 2 aromatic carbocycles. The number of hydrogen-bond donors (Lipinski definition) is 4. The van der Waals surface area contributed by atoms with Crippen molar-refractivity contribution in [1.82, 2.24) is 24.8 Å². The van der Waals surface area contributed by atoms with Crippen molar-refractivity contribution in [3.8, 4) is 0 Å². The van der Waals surface area contributed by atoms with Crippen LogP contribution in [0.5, 0.6) is 0 Å². The summed E-state index contributed by atoms with van der Waals surface area (Å²) in [5.74, 6) is -0.147. The molecule has 35 heavy (non-hydrogen) atoms. The Morgan fingerprint density at radius 1 is 1.09 bits per heavy atom. The van der Waals surface area contributed by atoms with Gasteiger partial charge in [-0.2, -0.15) is 0 Å². The van der Waals surface area contributed by atoms with Crippen LogP contribution in [0.1, 0.15) is 38.8 Å². The number of imidazole rings is 2. The predicted molar refractivity (Wildman–Crippen MR) is 128 cm³/mol. The van der Waals surface area contributed by atoms with Gasteiger partial charge in [0.2, 0.25) is 11.9 Å². The Hall–Kier alpha value is -4.67. The van der Waals surface area contributed by atoms with Gasteiger partial charge in [0.1, 0.15) is 5.52 Å². The van der Waals surface area contributed by atoms with Crippen LogP contribution in [-0.2, 0) is 17.7 Å². The summed E-state index contributed by atoms with van der Waals surface area (Å²) in [6.45, 7) is 3.09. The van der Waals surface area contributed by atoms with Crippen molar-refractivity contribution in [1.29, 1.82) is 0 Å². The standard InChI is InChI=1S/C24H23N7O4/c1-2-35-24(34)31-11-8-14-12-15(6-7-16(14)13-31)20(32)29-23-27-18-5-3-4-17(19(18)28-23)21(33)30-22-25-9-10-26-22/h3-7,9-10,12H,2,8,11,13H2,1H3,(H2,25,26,30,33)(H2,27,28,29,32). The van der Waals surface area contributed by atoms with E-state index in [9.17, 15) is 14.4 Å². The number of nitrogens with one attached hydrogen (secondary N) is 4. The molecule has 11 heteroatoms. The van der Waals surface area contributed by atoms with Gasteiger partial charge in [-0.3, -0.25) is 20.2 Å². The summed E-state index contributed by atoms with van der Waals surface area (Å²) in [5.41, 5.74) is 3.85. The van der Waals surface area contributed by atoms with Crippen LogP contribution in [0.2, 0.25) is 0 Å². The molecule has 5 rings (SSSR count). The van der Waals surface area contributed by atoms with Crippen LogP contribution in [0.15, 0.2) is 48.8 Å². The van der Waals surface area contributed by atoms with Crippen molar-refractivity contribution in [2.45, 2.75) is 19.9 Å². The van der Waals surface area contributed by atoms with Crippen molar-refractivity contribution < 1.29 is 19.1 Å². The number of anilines is 2. The summed E-state index contributed by atoms with van der Waals surface area (Å²) in [5, 5.41) is 5.44. The molecule has 178 valence electrons. The molecule has 0 bridgehead atoms. The number of H-pyrrole nitrogens is 2. The molecule has 3 heterocycles. The number of carbonyl (C=O) groups is 3. The third-order valence-corrected chi connectivity index (χ3v) is 5.73. The molecule has 11 nitrogen and oxygen atoms in total. The number of hydrogen-bond acceptors (Lipinski definition) is 6. The molecule has 2 aromatic heterocycles. The van der Waals surface area contributed by atoms with Crippen LogP contribution >= 0.6 is 0 Å². The lowest BCUT2D eigenvalue weighted by atomic mass is 9.97. The van der Waals surface area contributed by atoms with E-state index in [4.69, 9.17) is 4.74 Å². The van der Waals surface area contributed by atoms with Gasteiger partial charge in [0.05, 0.1) is 17.7 Å². The van der Waals surface area contributed by atoms with E-state index < -0.39 is 0 Å². The number of para-hydroxylation sites is 1. The summed E-state index contributed by atoms with van der Waals surface area (Å²) in [4.78, 5) is 53.5. The normalized spacial score (nSPS) is 12.8. The van der Waals surface area contributed by atoms with Crippen LogP contribution in [-0.4, -0.2) is 55.9 Å². The van der Waals surface area contributed by atoms with Gasteiger partial charge in [0, 0.05) is 31.0 Å². The number of aromatic nitrogens is 4. The fourth-order valence-electron chi connectivity index (χ4n) is 4.03. The van der Waals surface area contributed by atoms with Crippen molar-refractivity contribution in [3.63, 3.8) is 0 Å². The van der Waals surface area contributed by atoms with Gasteiger partial charge in [0.25, 0.3) is 11.8 Å². The van der Waals surface area contributed by atoms with E-state index in [1.807, 2.05) is 12.1 Å². The Morgan fingerprint density at radius 3 is 2.74 bits per heavy atom. The fraction of sp³-hybridized carbons (Fsp3) is 0.208. The lowest BCUT2D eigenvalue weighted by molar-refractivity contribution is 0.101. The fourth-order valence-corrected chi connectivity index (χ4v) is 4.03. The minimum absolute atomic E-state index is 0.231. The van der Waals surface area contributed by atoms with Gasteiger partial charge >= 0.3 is 6.09 Å². The summed E-state index contributed by atoms with van der Waals surface area (Å²) in [6, 6.07) is 10.6. The Morgan fingerprint density at radius 2 is 1.94 bits per heavy atom. The SMILES string of the molecule is CCOC(=O)N1CCc2cc(C(=O)Nc3nc4c(C(=O)Nc5ncc[nH]5)cccc4[nH]3)ccc2C1. The molecule has 0 radical (unpaired) electrons. The van der Waals surface area contributed by atoms with Gasteiger partial charge in [-0.1, -0.05) is 12.1 Å². The van der Waals surface area contributed by atoms with Crippen LogP contribution in [0.4, 0.5) is 16.7 Å². The molecule has 0 spiro atoms. The molecule has 0 fully saturated rings. The molecule has 1 aliphatic heterocycles. The van der Waals surface area contributed by atoms with E-state index in [1.165, 1.54) is 6.20 Å². The Balaban J connectivity index is 1.31. The molecule has 4 N–H and O–H groups in total. The topological polar surface area (TPSA) is 145 Å². The maximum atomic E-state index is 12.9. The second-order valence-electron chi connectivity index (χ2n) is 7.99. The summed E-state index contributed by atoms with van der Waals surface area (Å²) < 4.78 is 5.08. The quantitative estimate of drug-likeness (QED) is 0.350. The highest BCUT2D eigenvalue weighted by Crippen LogP contribution is 2.23. The van der Waals surface area contributed by atoms with Gasteiger partial charge in [-0.15, -0.1) is 0 Å². The second kappa shape index (κ2) is 9.29. The maximum Gasteiger partial charge on any atom is 0.410 e. The first-order chi connectivity index (χ1) is 17.0.